The summed E-state index contributed by atoms with van der Waals surface area (Å²) < 4.78 is 0.292. The first-order valence-corrected chi connectivity index (χ1v) is 2.54. The summed E-state index contributed by atoms with van der Waals surface area (Å²) in [6.07, 6.45) is 0. The van der Waals surface area contributed by atoms with E-state index in [-0.39, 0.29) is 0 Å². The Labute approximate surface area is 33.6 Å². The van der Waals surface area contributed by atoms with Gasteiger partial charge in [-0.15, -0.1) is 0 Å². The topological polar surface area (TPSA) is 17.1 Å². The van der Waals surface area contributed by atoms with Gasteiger partial charge >= 0.3 is 32.8 Å². The molecule has 0 fully saturated rings. The van der Waals surface area contributed by atoms with Crippen LogP contribution in [0.4, 0.5) is 0 Å². The van der Waals surface area contributed by atoms with Gasteiger partial charge in [0.25, 0.3) is 0 Å². The van der Waals surface area contributed by atoms with Gasteiger partial charge in [0.15, 0.2) is 0 Å². The van der Waals surface area contributed by atoms with Gasteiger partial charge in [0.05, 0.1) is 0 Å². The molecule has 23 valence electrons. The molecule has 1 radical (unpaired) electrons. The minimum absolute atomic E-state index is 0.292. The second-order valence-electron chi connectivity index (χ2n) is 0.702. The van der Waals surface area contributed by atoms with Crippen molar-refractivity contribution in [3.8, 4) is 0 Å². The predicted molar refractivity (Wildman–Crippen MR) is 19.2 cm³/mol. The van der Waals surface area contributed by atoms with Crippen molar-refractivity contribution < 1.29 is 4.79 Å². The van der Waals surface area contributed by atoms with Crippen LogP contribution in [-0.2, 0) is 4.79 Å². The SMILES string of the molecule is C[C](=O)[GeH2]. The molecule has 4 heavy (non-hydrogen) atoms. The van der Waals surface area contributed by atoms with Gasteiger partial charge in [-0.2, -0.15) is 0 Å². The zero-order valence-corrected chi connectivity index (χ0v) is 5.58. The van der Waals surface area contributed by atoms with Crippen LogP contribution in [0.2, 0.25) is 0 Å². The third-order valence-electron chi connectivity index (χ3n) is 0. The molecular formula is C2H5GeO. The molecule has 0 aromatic carbocycles. The van der Waals surface area contributed by atoms with Gasteiger partial charge in [-0.25, -0.2) is 0 Å². The molecule has 0 bridgehead atoms. The van der Waals surface area contributed by atoms with Gasteiger partial charge in [-0.05, 0) is 0 Å². The van der Waals surface area contributed by atoms with Crippen molar-refractivity contribution in [3.63, 3.8) is 0 Å². The third kappa shape index (κ3) is 71.8. The minimum atomic E-state index is 0.292. The zero-order valence-electron chi connectivity index (χ0n) is 2.62. The fourth-order valence-corrected chi connectivity index (χ4v) is 0. The Morgan fingerprint density at radius 2 is 2.00 bits per heavy atom. The molecule has 0 aliphatic heterocycles. The quantitative estimate of drug-likeness (QED) is 0.379. The molecule has 0 aromatic heterocycles. The second kappa shape index (κ2) is 1.52. The number of rotatable bonds is 0. The summed E-state index contributed by atoms with van der Waals surface area (Å²) >= 11 is 0.792. The van der Waals surface area contributed by atoms with Gasteiger partial charge in [0.2, 0.25) is 0 Å². The summed E-state index contributed by atoms with van der Waals surface area (Å²) in [6, 6.07) is 0. The molecule has 0 aromatic rings. The van der Waals surface area contributed by atoms with E-state index in [1.165, 1.54) is 0 Å². The number of carbonyl (C=O) groups excluding carboxylic acids is 1. The molecule has 0 spiro atoms. The maximum absolute atomic E-state index is 9.50. The van der Waals surface area contributed by atoms with Crippen molar-refractivity contribution >= 4 is 21.1 Å². The molecule has 0 amide bonds. The molecule has 0 saturated carbocycles. The number of carbonyl (C=O) groups is 1. The van der Waals surface area contributed by atoms with E-state index in [9.17, 15) is 4.79 Å². The normalized spacial score (nSPS) is 6.50. The van der Waals surface area contributed by atoms with Gasteiger partial charge in [0.1, 0.15) is 0 Å². The Morgan fingerprint density at radius 1 is 2.00 bits per heavy atom. The van der Waals surface area contributed by atoms with Crippen molar-refractivity contribution in [2.24, 2.45) is 0 Å². The molecule has 1 nitrogen and oxygen atoms in total. The Hall–Kier alpha value is 0.213. The van der Waals surface area contributed by atoms with E-state index in [2.05, 4.69) is 0 Å². The summed E-state index contributed by atoms with van der Waals surface area (Å²) in [7, 11) is 0. The number of hydrogen-bond acceptors (Lipinski definition) is 1. The Morgan fingerprint density at radius 3 is 2.00 bits per heavy atom. The molecule has 0 unspecified atom stereocenters. The van der Waals surface area contributed by atoms with Crippen LogP contribution in [0.3, 0.4) is 0 Å². The van der Waals surface area contributed by atoms with E-state index >= 15 is 0 Å². The van der Waals surface area contributed by atoms with Gasteiger partial charge in [-0.1, -0.05) is 0 Å². The van der Waals surface area contributed by atoms with Crippen molar-refractivity contribution in [3.05, 3.63) is 0 Å². The van der Waals surface area contributed by atoms with E-state index < -0.39 is 0 Å². The fourth-order valence-electron chi connectivity index (χ4n) is 0. The van der Waals surface area contributed by atoms with Crippen LogP contribution in [0, 0.1) is 0 Å². The summed E-state index contributed by atoms with van der Waals surface area (Å²) in [5, 5.41) is 0. The van der Waals surface area contributed by atoms with Crippen molar-refractivity contribution in [1.29, 1.82) is 0 Å². The molecular weight excluding hydrogens is 113 g/mol. The van der Waals surface area contributed by atoms with Crippen LogP contribution in [0.25, 0.3) is 0 Å². The average Bonchev–Trinajstić information content (AvgIpc) is 0.811. The van der Waals surface area contributed by atoms with Crippen LogP contribution in [0.5, 0.6) is 0 Å². The zero-order chi connectivity index (χ0) is 3.58. The van der Waals surface area contributed by atoms with Crippen LogP contribution >= 0.6 is 0 Å². The van der Waals surface area contributed by atoms with Gasteiger partial charge in [-0.3, -0.25) is 0 Å². The van der Waals surface area contributed by atoms with E-state index in [4.69, 9.17) is 0 Å². The molecule has 0 rings (SSSR count). The first kappa shape index (κ1) is 4.21. The first-order chi connectivity index (χ1) is 1.73. The summed E-state index contributed by atoms with van der Waals surface area (Å²) in [4.78, 5) is 9.50. The van der Waals surface area contributed by atoms with Crippen LogP contribution in [0.1, 0.15) is 6.92 Å². The summed E-state index contributed by atoms with van der Waals surface area (Å²) in [6.45, 7) is 1.58. The van der Waals surface area contributed by atoms with Gasteiger partial charge < -0.3 is 0 Å². The first-order valence-electron chi connectivity index (χ1n) is 1.06. The van der Waals surface area contributed by atoms with E-state index in [1.807, 2.05) is 0 Å². The Balaban J connectivity index is 2.80. The average molecular weight is 118 g/mol. The van der Waals surface area contributed by atoms with Crippen LogP contribution in [-0.4, -0.2) is 21.1 Å². The van der Waals surface area contributed by atoms with E-state index in [0.29, 0.717) is 4.62 Å². The monoisotopic (exact) mass is 119 g/mol. The molecule has 0 saturated heterocycles. The maximum atomic E-state index is 9.50. The van der Waals surface area contributed by atoms with Crippen molar-refractivity contribution in [2.45, 2.75) is 6.92 Å². The summed E-state index contributed by atoms with van der Waals surface area (Å²) in [5.41, 5.74) is 0. The van der Waals surface area contributed by atoms with Crippen molar-refractivity contribution in [1.82, 2.24) is 0 Å². The standard InChI is InChI=1S/C2H5GeO/c1-2(3)4/h3H2,1H3. The van der Waals surface area contributed by atoms with Crippen LogP contribution in [0.15, 0.2) is 0 Å². The second-order valence-corrected chi connectivity index (χ2v) is 2.79. The number of hydrogen-bond donors (Lipinski definition) is 0. The Bertz CT molecular complexity index is 29.0. The van der Waals surface area contributed by atoms with Crippen LogP contribution < -0.4 is 0 Å². The summed E-state index contributed by atoms with van der Waals surface area (Å²) in [5.74, 6) is 0. The van der Waals surface area contributed by atoms with Gasteiger partial charge in [0, 0.05) is 0 Å². The molecule has 2 heteroatoms. The molecule has 0 heterocycles. The van der Waals surface area contributed by atoms with Crippen molar-refractivity contribution in [2.75, 3.05) is 0 Å². The molecule has 0 atom stereocenters. The molecule has 0 N–H and O–H groups in total. The Kier molecular flexibility index (Phi) is 1.61. The van der Waals surface area contributed by atoms with E-state index in [1.54, 1.807) is 6.92 Å². The predicted octanol–water partition coefficient (Wildman–Crippen LogP) is -0.834. The third-order valence-corrected chi connectivity index (χ3v) is 0. The molecule has 0 aliphatic rings. The van der Waals surface area contributed by atoms with E-state index in [0.717, 1.165) is 16.5 Å². The molecule has 0 aliphatic carbocycles. The fraction of sp³-hybridized carbons (Fsp3) is 0.500.